The van der Waals surface area contributed by atoms with Gasteiger partial charge in [-0.2, -0.15) is 0 Å². The molecule has 0 amide bonds. The van der Waals surface area contributed by atoms with Gasteiger partial charge in [0.1, 0.15) is 0 Å². The molecule has 1 atom stereocenters. The minimum absolute atomic E-state index is 0.0511. The molecule has 0 spiro atoms. The van der Waals surface area contributed by atoms with Crippen LogP contribution in [-0.2, 0) is 9.53 Å². The van der Waals surface area contributed by atoms with Gasteiger partial charge in [-0.1, -0.05) is 6.07 Å². The molecule has 0 aliphatic heterocycles. The number of ether oxygens (including phenoxy) is 1. The van der Waals surface area contributed by atoms with E-state index in [1.165, 1.54) is 0 Å². The van der Waals surface area contributed by atoms with Crippen molar-refractivity contribution in [3.05, 3.63) is 33.4 Å². The standard InChI is InChI=1S/C13H13IO3/c14-10-5-3-4-9(8-10)13(16)17-12-7-2-1-6-11(12)15/h3-5,8,12H,1-2,6-7H2/t12-/m0/s1. The molecule has 0 radical (unpaired) electrons. The molecule has 4 heteroatoms. The SMILES string of the molecule is O=C(O[C@H]1CCCCC1=O)c1cccc(I)c1. The summed E-state index contributed by atoms with van der Waals surface area (Å²) < 4.78 is 6.23. The lowest BCUT2D eigenvalue weighted by molar-refractivity contribution is -0.129. The summed E-state index contributed by atoms with van der Waals surface area (Å²) in [5, 5.41) is 0. The minimum Gasteiger partial charge on any atom is -0.451 e. The molecule has 0 unspecified atom stereocenters. The summed E-state index contributed by atoms with van der Waals surface area (Å²) in [5.74, 6) is -0.348. The van der Waals surface area contributed by atoms with Crippen LogP contribution in [0.4, 0.5) is 0 Å². The molecule has 1 aromatic carbocycles. The normalized spacial score (nSPS) is 20.1. The number of rotatable bonds is 2. The number of ketones is 1. The fraction of sp³-hybridized carbons (Fsp3) is 0.385. The van der Waals surface area contributed by atoms with Crippen molar-refractivity contribution in [2.75, 3.05) is 0 Å². The van der Waals surface area contributed by atoms with Gasteiger partial charge in [-0.05, 0) is 60.1 Å². The summed E-state index contributed by atoms with van der Waals surface area (Å²) in [6, 6.07) is 7.18. The molecule has 17 heavy (non-hydrogen) atoms. The summed E-state index contributed by atoms with van der Waals surface area (Å²) in [7, 11) is 0. The van der Waals surface area contributed by atoms with E-state index in [2.05, 4.69) is 22.6 Å². The quantitative estimate of drug-likeness (QED) is 0.612. The zero-order chi connectivity index (χ0) is 12.3. The van der Waals surface area contributed by atoms with Crippen molar-refractivity contribution in [3.8, 4) is 0 Å². The van der Waals surface area contributed by atoms with Gasteiger partial charge in [-0.15, -0.1) is 0 Å². The smallest absolute Gasteiger partial charge is 0.338 e. The zero-order valence-corrected chi connectivity index (χ0v) is 11.5. The first kappa shape index (κ1) is 12.5. The van der Waals surface area contributed by atoms with E-state index >= 15 is 0 Å². The number of hydrogen-bond donors (Lipinski definition) is 0. The topological polar surface area (TPSA) is 43.4 Å². The lowest BCUT2D eigenvalue weighted by atomic mass is 9.96. The van der Waals surface area contributed by atoms with E-state index in [4.69, 9.17) is 4.74 Å². The zero-order valence-electron chi connectivity index (χ0n) is 9.32. The molecule has 1 saturated carbocycles. The molecular formula is C13H13IO3. The maximum absolute atomic E-state index is 11.8. The third kappa shape index (κ3) is 3.28. The number of esters is 1. The van der Waals surface area contributed by atoms with Crippen molar-refractivity contribution in [2.45, 2.75) is 31.8 Å². The Bertz CT molecular complexity index is 442. The Morgan fingerprint density at radius 3 is 2.88 bits per heavy atom. The molecule has 2 rings (SSSR count). The second-order valence-electron chi connectivity index (χ2n) is 4.12. The third-order valence-corrected chi connectivity index (χ3v) is 3.48. The van der Waals surface area contributed by atoms with Crippen molar-refractivity contribution in [2.24, 2.45) is 0 Å². The van der Waals surface area contributed by atoms with Gasteiger partial charge in [0.15, 0.2) is 11.9 Å². The second-order valence-corrected chi connectivity index (χ2v) is 5.36. The second kappa shape index (κ2) is 5.62. The Kier molecular flexibility index (Phi) is 4.15. The van der Waals surface area contributed by atoms with Crippen LogP contribution in [0.2, 0.25) is 0 Å². The van der Waals surface area contributed by atoms with Crippen LogP contribution in [0.5, 0.6) is 0 Å². The van der Waals surface area contributed by atoms with Crippen LogP contribution in [0.15, 0.2) is 24.3 Å². The largest absolute Gasteiger partial charge is 0.451 e. The molecule has 0 N–H and O–H groups in total. The number of benzene rings is 1. The average molecular weight is 344 g/mol. The molecule has 90 valence electrons. The van der Waals surface area contributed by atoms with Gasteiger partial charge in [-0.25, -0.2) is 4.79 Å². The summed E-state index contributed by atoms with van der Waals surface area (Å²) in [6.07, 6.45) is 2.53. The predicted octanol–water partition coefficient (Wildman–Crippen LogP) is 2.96. The Hall–Kier alpha value is -0.910. The van der Waals surface area contributed by atoms with Crippen LogP contribution in [0, 0.1) is 3.57 Å². The maximum atomic E-state index is 11.8. The first-order valence-electron chi connectivity index (χ1n) is 5.66. The lowest BCUT2D eigenvalue weighted by Gasteiger charge is -2.20. The molecule has 0 saturated heterocycles. The molecule has 3 nitrogen and oxygen atoms in total. The lowest BCUT2D eigenvalue weighted by Crippen LogP contribution is -2.30. The molecule has 0 aromatic heterocycles. The number of hydrogen-bond acceptors (Lipinski definition) is 3. The van der Waals surface area contributed by atoms with Gasteiger partial charge >= 0.3 is 5.97 Å². The van der Waals surface area contributed by atoms with E-state index in [0.29, 0.717) is 18.4 Å². The van der Waals surface area contributed by atoms with Crippen molar-refractivity contribution in [1.29, 1.82) is 0 Å². The third-order valence-electron chi connectivity index (χ3n) is 2.81. The molecule has 0 heterocycles. The Labute approximate surface area is 114 Å². The fourth-order valence-corrected chi connectivity index (χ4v) is 2.43. The number of carbonyl (C=O) groups is 2. The molecule has 1 aliphatic rings. The molecule has 0 bridgehead atoms. The highest BCUT2D eigenvalue weighted by molar-refractivity contribution is 14.1. The predicted molar refractivity (Wildman–Crippen MR) is 71.8 cm³/mol. The van der Waals surface area contributed by atoms with Crippen molar-refractivity contribution in [1.82, 2.24) is 0 Å². The molecule has 1 aromatic rings. The minimum atomic E-state index is -0.533. The van der Waals surface area contributed by atoms with Crippen LogP contribution in [-0.4, -0.2) is 17.9 Å². The van der Waals surface area contributed by atoms with E-state index in [1.807, 2.05) is 6.07 Å². The van der Waals surface area contributed by atoms with Gasteiger partial charge < -0.3 is 4.74 Å². The Morgan fingerprint density at radius 1 is 1.35 bits per heavy atom. The van der Waals surface area contributed by atoms with Crippen molar-refractivity contribution >= 4 is 34.3 Å². The first-order chi connectivity index (χ1) is 8.16. The first-order valence-corrected chi connectivity index (χ1v) is 6.74. The van der Waals surface area contributed by atoms with E-state index in [9.17, 15) is 9.59 Å². The van der Waals surface area contributed by atoms with Crippen LogP contribution >= 0.6 is 22.6 Å². The summed E-state index contributed by atoms with van der Waals surface area (Å²) >= 11 is 2.14. The highest BCUT2D eigenvalue weighted by Crippen LogP contribution is 2.19. The van der Waals surface area contributed by atoms with Crippen molar-refractivity contribution < 1.29 is 14.3 Å². The van der Waals surface area contributed by atoms with E-state index in [-0.39, 0.29) is 5.78 Å². The van der Waals surface area contributed by atoms with Gasteiger partial charge in [0.2, 0.25) is 0 Å². The van der Waals surface area contributed by atoms with Gasteiger partial charge in [0.05, 0.1) is 5.56 Å². The van der Waals surface area contributed by atoms with Crippen LogP contribution in [0.3, 0.4) is 0 Å². The van der Waals surface area contributed by atoms with Gasteiger partial charge in [0, 0.05) is 9.99 Å². The average Bonchev–Trinajstić information content (AvgIpc) is 2.32. The number of Topliss-reactive ketones (excluding diaryl/α,β-unsaturated/α-hetero) is 1. The van der Waals surface area contributed by atoms with Gasteiger partial charge in [0.25, 0.3) is 0 Å². The molecular weight excluding hydrogens is 331 g/mol. The maximum Gasteiger partial charge on any atom is 0.338 e. The highest BCUT2D eigenvalue weighted by atomic mass is 127. The van der Waals surface area contributed by atoms with Gasteiger partial charge in [-0.3, -0.25) is 4.79 Å². The highest BCUT2D eigenvalue weighted by Gasteiger charge is 2.26. The summed E-state index contributed by atoms with van der Waals surface area (Å²) in [4.78, 5) is 23.4. The summed E-state index contributed by atoms with van der Waals surface area (Å²) in [6.45, 7) is 0. The summed E-state index contributed by atoms with van der Waals surface area (Å²) in [5.41, 5.74) is 0.510. The molecule has 1 fully saturated rings. The number of carbonyl (C=O) groups excluding carboxylic acids is 2. The van der Waals surface area contributed by atoms with Crippen LogP contribution < -0.4 is 0 Å². The Morgan fingerprint density at radius 2 is 2.18 bits per heavy atom. The van der Waals surface area contributed by atoms with E-state index in [1.54, 1.807) is 18.2 Å². The Balaban J connectivity index is 2.03. The van der Waals surface area contributed by atoms with Crippen molar-refractivity contribution in [3.63, 3.8) is 0 Å². The fourth-order valence-electron chi connectivity index (χ4n) is 1.89. The number of halogens is 1. The molecule has 1 aliphatic carbocycles. The monoisotopic (exact) mass is 344 g/mol. The van der Waals surface area contributed by atoms with Crippen LogP contribution in [0.1, 0.15) is 36.0 Å². The van der Waals surface area contributed by atoms with Crippen LogP contribution in [0.25, 0.3) is 0 Å². The van der Waals surface area contributed by atoms with E-state index in [0.717, 1.165) is 16.4 Å². The van der Waals surface area contributed by atoms with E-state index < -0.39 is 12.1 Å².